The number of amides is 2. The van der Waals surface area contributed by atoms with Crippen LogP contribution in [-0.2, 0) is 4.79 Å². The number of likely N-dealkylation sites (tertiary alicyclic amines) is 2. The lowest BCUT2D eigenvalue weighted by atomic mass is 9.87. The first kappa shape index (κ1) is 26.4. The molecule has 2 aromatic heterocycles. The molecule has 3 unspecified atom stereocenters. The first-order valence-electron chi connectivity index (χ1n) is 13.8. The first-order chi connectivity index (χ1) is 18.2. The Hall–Kier alpha value is -3.21. The summed E-state index contributed by atoms with van der Waals surface area (Å²) in [6.07, 6.45) is 8.88. The second-order valence-corrected chi connectivity index (χ2v) is 11.6. The van der Waals surface area contributed by atoms with Gasteiger partial charge in [0.05, 0.1) is 11.9 Å². The average molecular weight is 525 g/mol. The third-order valence-corrected chi connectivity index (χ3v) is 7.98. The van der Waals surface area contributed by atoms with Gasteiger partial charge in [-0.3, -0.25) is 4.79 Å². The highest BCUT2D eigenvalue weighted by Crippen LogP contribution is 2.39. The number of carbonyl (C=O) groups excluding carboxylic acids is 1. The van der Waals surface area contributed by atoms with Crippen LogP contribution in [0.3, 0.4) is 0 Å². The van der Waals surface area contributed by atoms with E-state index >= 15 is 0 Å². The van der Waals surface area contributed by atoms with Crippen molar-refractivity contribution in [2.75, 3.05) is 45.6 Å². The quantitative estimate of drug-likeness (QED) is 0.506. The number of fused-ring (bicyclic) bond motifs is 1. The van der Waals surface area contributed by atoms with E-state index in [1.54, 1.807) is 11.0 Å². The van der Waals surface area contributed by atoms with Crippen LogP contribution in [0.25, 0.3) is 5.65 Å². The summed E-state index contributed by atoms with van der Waals surface area (Å²) in [6.45, 7) is 6.66. The number of imidazole rings is 1. The number of anilines is 1. The van der Waals surface area contributed by atoms with Crippen molar-refractivity contribution < 1.29 is 14.7 Å². The van der Waals surface area contributed by atoms with Gasteiger partial charge in [-0.1, -0.05) is 19.9 Å². The second-order valence-electron chi connectivity index (χ2n) is 11.6. The number of aromatic nitrogens is 4. The van der Waals surface area contributed by atoms with Crippen LogP contribution in [-0.4, -0.2) is 104 Å². The van der Waals surface area contributed by atoms with E-state index in [2.05, 4.69) is 24.1 Å². The molecule has 2 saturated heterocycles. The summed E-state index contributed by atoms with van der Waals surface area (Å²) < 4.78 is 1.93. The normalized spacial score (nSPS) is 24.3. The number of piperidine rings is 1. The first-order valence-corrected chi connectivity index (χ1v) is 13.8. The van der Waals surface area contributed by atoms with E-state index in [-0.39, 0.29) is 29.8 Å². The van der Waals surface area contributed by atoms with E-state index in [0.717, 1.165) is 42.2 Å². The molecule has 3 fully saturated rings. The molecule has 4 heterocycles. The van der Waals surface area contributed by atoms with Crippen LogP contribution in [0.1, 0.15) is 69.3 Å². The summed E-state index contributed by atoms with van der Waals surface area (Å²) in [7, 11) is 3.92. The fraction of sp³-hybridized carbons (Fsp3) is 0.667. The maximum atomic E-state index is 12.7. The zero-order chi connectivity index (χ0) is 27.0. The van der Waals surface area contributed by atoms with Crippen molar-refractivity contribution in [2.45, 2.75) is 69.9 Å². The molecule has 2 amide bonds. The smallest absolute Gasteiger partial charge is 0.407 e. The minimum Gasteiger partial charge on any atom is -0.465 e. The van der Waals surface area contributed by atoms with Crippen molar-refractivity contribution in [2.24, 2.45) is 5.92 Å². The molecular formula is C27H40N8O3. The second kappa shape index (κ2) is 10.9. The largest absolute Gasteiger partial charge is 0.465 e. The van der Waals surface area contributed by atoms with Gasteiger partial charge in [-0.2, -0.15) is 5.10 Å². The topological polar surface area (TPSA) is 119 Å². The molecule has 2 N–H and O–H groups in total. The standard InChI is InChI=1S/C27H40N8O3/c1-17(2)22-15-28-26-25(30-24(18-7-8-18)31-35(22)26)29-20-10-13-34(27(37)38)21(14-20)19-9-12-33(16-19)23(36)6-5-11-32(3)4/h5-6,15,17-21H,7-14,16H2,1-4H3,(H,37,38)(H,29,30,31)/b6-5+. The predicted molar refractivity (Wildman–Crippen MR) is 144 cm³/mol. The number of carboxylic acid groups (broad SMARTS) is 1. The van der Waals surface area contributed by atoms with Gasteiger partial charge in [-0.25, -0.2) is 19.3 Å². The Balaban J connectivity index is 1.32. The van der Waals surface area contributed by atoms with Crippen LogP contribution in [0, 0.1) is 5.92 Å². The molecule has 11 nitrogen and oxygen atoms in total. The van der Waals surface area contributed by atoms with Gasteiger partial charge in [0, 0.05) is 50.3 Å². The summed E-state index contributed by atoms with van der Waals surface area (Å²) in [5.41, 5.74) is 1.78. The molecule has 3 atom stereocenters. The fourth-order valence-electron chi connectivity index (χ4n) is 5.70. The van der Waals surface area contributed by atoms with Crippen molar-refractivity contribution in [1.82, 2.24) is 34.3 Å². The number of nitrogens with one attached hydrogen (secondary N) is 1. The lowest BCUT2D eigenvalue weighted by Crippen LogP contribution is -2.52. The van der Waals surface area contributed by atoms with Crippen molar-refractivity contribution in [1.29, 1.82) is 0 Å². The van der Waals surface area contributed by atoms with Gasteiger partial charge in [0.1, 0.15) is 0 Å². The van der Waals surface area contributed by atoms with Crippen LogP contribution < -0.4 is 5.32 Å². The molecular weight excluding hydrogens is 484 g/mol. The molecule has 3 aliphatic rings. The van der Waals surface area contributed by atoms with E-state index in [4.69, 9.17) is 10.1 Å². The summed E-state index contributed by atoms with van der Waals surface area (Å²) in [4.78, 5) is 39.8. The van der Waals surface area contributed by atoms with Crippen LogP contribution in [0.2, 0.25) is 0 Å². The van der Waals surface area contributed by atoms with Crippen molar-refractivity contribution in [3.05, 3.63) is 29.9 Å². The highest BCUT2D eigenvalue weighted by molar-refractivity contribution is 5.87. The Bertz CT molecular complexity index is 1200. The molecule has 2 aromatic rings. The molecule has 2 aliphatic heterocycles. The van der Waals surface area contributed by atoms with E-state index in [0.29, 0.717) is 44.9 Å². The number of hydrogen-bond donors (Lipinski definition) is 2. The molecule has 5 rings (SSSR count). The predicted octanol–water partition coefficient (Wildman–Crippen LogP) is 3.01. The van der Waals surface area contributed by atoms with Crippen molar-refractivity contribution >= 4 is 23.5 Å². The van der Waals surface area contributed by atoms with Gasteiger partial charge < -0.3 is 25.1 Å². The van der Waals surface area contributed by atoms with Gasteiger partial charge in [-0.05, 0) is 58.0 Å². The monoisotopic (exact) mass is 524 g/mol. The van der Waals surface area contributed by atoms with Crippen molar-refractivity contribution in [3.63, 3.8) is 0 Å². The molecule has 0 aromatic carbocycles. The lowest BCUT2D eigenvalue weighted by Gasteiger charge is -2.41. The van der Waals surface area contributed by atoms with Gasteiger partial charge in [0.2, 0.25) is 5.91 Å². The number of likely N-dealkylation sites (N-methyl/N-ethyl adjacent to an activating group) is 1. The van der Waals surface area contributed by atoms with Gasteiger partial charge in [0.15, 0.2) is 17.3 Å². The van der Waals surface area contributed by atoms with E-state index in [1.807, 2.05) is 40.7 Å². The van der Waals surface area contributed by atoms with E-state index < -0.39 is 6.09 Å². The van der Waals surface area contributed by atoms with Crippen LogP contribution in [0.4, 0.5) is 10.6 Å². The minimum atomic E-state index is -0.889. The Morgan fingerprint density at radius 1 is 1.21 bits per heavy atom. The Morgan fingerprint density at radius 2 is 2.00 bits per heavy atom. The maximum absolute atomic E-state index is 12.7. The average Bonchev–Trinajstić information content (AvgIpc) is 3.43. The molecule has 206 valence electrons. The Kier molecular flexibility index (Phi) is 7.56. The summed E-state index contributed by atoms with van der Waals surface area (Å²) >= 11 is 0. The van der Waals surface area contributed by atoms with E-state index in [1.165, 1.54) is 0 Å². The molecule has 0 bridgehead atoms. The summed E-state index contributed by atoms with van der Waals surface area (Å²) in [5.74, 6) is 2.38. The molecule has 11 heteroatoms. The lowest BCUT2D eigenvalue weighted by molar-refractivity contribution is -0.125. The Labute approximate surface area is 223 Å². The maximum Gasteiger partial charge on any atom is 0.407 e. The summed E-state index contributed by atoms with van der Waals surface area (Å²) in [5, 5.41) is 18.4. The zero-order valence-electron chi connectivity index (χ0n) is 22.9. The van der Waals surface area contributed by atoms with Gasteiger partial charge in [-0.15, -0.1) is 0 Å². The number of hydrogen-bond acceptors (Lipinski definition) is 7. The third-order valence-electron chi connectivity index (χ3n) is 7.98. The Morgan fingerprint density at radius 3 is 2.68 bits per heavy atom. The highest BCUT2D eigenvalue weighted by atomic mass is 16.4. The molecule has 0 radical (unpaired) electrons. The highest BCUT2D eigenvalue weighted by Gasteiger charge is 2.40. The molecule has 0 spiro atoms. The van der Waals surface area contributed by atoms with Crippen LogP contribution >= 0.6 is 0 Å². The SMILES string of the molecule is CC(C)c1cnc2c(NC3CCN(C(=O)O)C(C4CCN(C(=O)/C=C/CN(C)C)C4)C3)nc(C3CC3)nn12. The number of nitrogens with zero attached hydrogens (tertiary/aromatic N) is 7. The molecule has 38 heavy (non-hydrogen) atoms. The minimum absolute atomic E-state index is 0.00189. The summed E-state index contributed by atoms with van der Waals surface area (Å²) in [6, 6.07) is -0.0978. The number of rotatable bonds is 8. The van der Waals surface area contributed by atoms with Gasteiger partial charge in [0.25, 0.3) is 0 Å². The third kappa shape index (κ3) is 5.62. The zero-order valence-corrected chi connectivity index (χ0v) is 22.9. The van der Waals surface area contributed by atoms with E-state index in [9.17, 15) is 14.7 Å². The fourth-order valence-corrected chi connectivity index (χ4v) is 5.70. The molecule has 1 aliphatic carbocycles. The van der Waals surface area contributed by atoms with Crippen LogP contribution in [0.5, 0.6) is 0 Å². The number of carbonyl (C=O) groups is 2. The molecule has 1 saturated carbocycles. The van der Waals surface area contributed by atoms with Crippen molar-refractivity contribution in [3.8, 4) is 0 Å². The van der Waals surface area contributed by atoms with Crippen LogP contribution in [0.15, 0.2) is 18.3 Å². The van der Waals surface area contributed by atoms with Gasteiger partial charge >= 0.3 is 6.09 Å².